The molecule has 2 aromatic carbocycles. The minimum absolute atomic E-state index is 0.110. The number of hydrogen-bond acceptors (Lipinski definition) is 7. The number of ether oxygens (including phenoxy) is 1. The van der Waals surface area contributed by atoms with Crippen molar-refractivity contribution in [2.45, 2.75) is 16.2 Å². The standard InChI is InChI=1S/C24H30N2O5S2/c1-31-21-9-11-22(12-10-21)33(29,30)24-19-32(27,28)18-23(24)26-16-14-25(15-17-26)13-5-8-20-6-3-2-4-7-20/h2-12,23-24H,13-19H2,1H3/b8-5+/t23-,24-/m1/s1. The number of sulfone groups is 2. The van der Waals surface area contributed by atoms with E-state index in [0.29, 0.717) is 18.8 Å². The second-order valence-corrected chi connectivity index (χ2v) is 12.9. The number of methoxy groups -OCH3 is 1. The molecule has 2 aliphatic rings. The Balaban J connectivity index is 1.42. The molecule has 9 heteroatoms. The molecule has 33 heavy (non-hydrogen) atoms. The highest BCUT2D eigenvalue weighted by atomic mass is 32.2. The summed E-state index contributed by atoms with van der Waals surface area (Å²) in [5.74, 6) is 0.120. The van der Waals surface area contributed by atoms with Crippen molar-refractivity contribution in [2.75, 3.05) is 51.3 Å². The molecule has 178 valence electrons. The van der Waals surface area contributed by atoms with Crippen molar-refractivity contribution in [3.63, 3.8) is 0 Å². The van der Waals surface area contributed by atoms with E-state index >= 15 is 0 Å². The van der Waals surface area contributed by atoms with Gasteiger partial charge in [0.05, 0.1) is 28.8 Å². The molecule has 2 aliphatic heterocycles. The van der Waals surface area contributed by atoms with Crippen LogP contribution in [0.2, 0.25) is 0 Å². The summed E-state index contributed by atoms with van der Waals surface area (Å²) in [4.78, 5) is 4.49. The van der Waals surface area contributed by atoms with Gasteiger partial charge in [0, 0.05) is 38.8 Å². The molecule has 7 nitrogen and oxygen atoms in total. The molecular weight excluding hydrogens is 460 g/mol. The molecule has 0 aliphatic carbocycles. The maximum Gasteiger partial charge on any atom is 0.183 e. The van der Waals surface area contributed by atoms with E-state index in [9.17, 15) is 16.8 Å². The first kappa shape index (κ1) is 23.9. The molecule has 0 bridgehead atoms. The van der Waals surface area contributed by atoms with Crippen LogP contribution in [0.15, 0.2) is 65.6 Å². The smallest absolute Gasteiger partial charge is 0.183 e. The summed E-state index contributed by atoms with van der Waals surface area (Å²) in [6, 6.07) is 15.7. The largest absolute Gasteiger partial charge is 0.497 e. The van der Waals surface area contributed by atoms with Crippen molar-refractivity contribution in [3.8, 4) is 5.75 Å². The van der Waals surface area contributed by atoms with Crippen LogP contribution < -0.4 is 4.74 Å². The number of hydrogen-bond donors (Lipinski definition) is 0. The fourth-order valence-corrected chi connectivity index (χ4v) is 9.38. The van der Waals surface area contributed by atoms with Gasteiger partial charge in [0.25, 0.3) is 0 Å². The zero-order chi connectivity index (χ0) is 23.5. The van der Waals surface area contributed by atoms with Gasteiger partial charge >= 0.3 is 0 Å². The van der Waals surface area contributed by atoms with E-state index in [2.05, 4.69) is 29.2 Å². The highest BCUT2D eigenvalue weighted by Gasteiger charge is 2.48. The Morgan fingerprint density at radius 1 is 0.970 bits per heavy atom. The third-order valence-electron chi connectivity index (χ3n) is 6.41. The Bertz CT molecular complexity index is 1170. The van der Waals surface area contributed by atoms with Gasteiger partial charge in [0.1, 0.15) is 5.75 Å². The van der Waals surface area contributed by atoms with Crippen molar-refractivity contribution in [1.29, 1.82) is 0 Å². The Labute approximate surface area is 196 Å². The molecule has 0 amide bonds. The molecule has 0 unspecified atom stereocenters. The average Bonchev–Trinajstić information content (AvgIpc) is 3.16. The molecule has 0 spiro atoms. The van der Waals surface area contributed by atoms with E-state index in [1.165, 1.54) is 19.2 Å². The van der Waals surface area contributed by atoms with Crippen LogP contribution in [-0.2, 0) is 19.7 Å². The third kappa shape index (κ3) is 5.66. The lowest BCUT2D eigenvalue weighted by Crippen LogP contribution is -2.54. The molecule has 0 aromatic heterocycles. The van der Waals surface area contributed by atoms with E-state index in [-0.39, 0.29) is 16.4 Å². The van der Waals surface area contributed by atoms with E-state index in [1.54, 1.807) is 12.1 Å². The first-order valence-corrected chi connectivity index (χ1v) is 14.4. The SMILES string of the molecule is COc1ccc(S(=O)(=O)[C@@H]2CS(=O)(=O)C[C@H]2N2CCN(C/C=C/c3ccccc3)CC2)cc1. The molecule has 2 saturated heterocycles. The predicted molar refractivity (Wildman–Crippen MR) is 130 cm³/mol. The molecule has 2 atom stereocenters. The quantitative estimate of drug-likeness (QED) is 0.587. The number of benzene rings is 2. The molecule has 2 aromatic rings. The summed E-state index contributed by atoms with van der Waals surface area (Å²) in [5, 5.41) is -0.958. The van der Waals surface area contributed by atoms with Gasteiger partial charge in [0.2, 0.25) is 0 Å². The highest BCUT2D eigenvalue weighted by Crippen LogP contribution is 2.30. The number of piperazine rings is 1. The lowest BCUT2D eigenvalue weighted by molar-refractivity contribution is 0.113. The third-order valence-corrected chi connectivity index (χ3v) is 10.5. The van der Waals surface area contributed by atoms with Crippen molar-refractivity contribution in [3.05, 3.63) is 66.2 Å². The van der Waals surface area contributed by atoms with Crippen molar-refractivity contribution in [1.82, 2.24) is 9.80 Å². The van der Waals surface area contributed by atoms with Crippen LogP contribution in [0.3, 0.4) is 0 Å². The van der Waals surface area contributed by atoms with Gasteiger partial charge < -0.3 is 4.74 Å². The molecular formula is C24H30N2O5S2. The first-order valence-electron chi connectivity index (χ1n) is 11.0. The maximum absolute atomic E-state index is 13.4. The van der Waals surface area contributed by atoms with Gasteiger partial charge in [-0.2, -0.15) is 0 Å². The lowest BCUT2D eigenvalue weighted by Gasteiger charge is -2.39. The molecule has 0 saturated carbocycles. The van der Waals surface area contributed by atoms with E-state index in [1.807, 2.05) is 23.1 Å². The second-order valence-electron chi connectivity index (χ2n) is 8.55. The van der Waals surface area contributed by atoms with Crippen LogP contribution >= 0.6 is 0 Å². The Kier molecular flexibility index (Phi) is 7.23. The Morgan fingerprint density at radius 3 is 2.27 bits per heavy atom. The summed E-state index contributed by atoms with van der Waals surface area (Å²) in [6.07, 6.45) is 4.22. The number of nitrogens with zero attached hydrogens (tertiary/aromatic N) is 2. The van der Waals surface area contributed by atoms with Crippen LogP contribution in [0.25, 0.3) is 6.08 Å². The van der Waals surface area contributed by atoms with Crippen LogP contribution in [-0.4, -0.2) is 89.3 Å². The summed E-state index contributed by atoms with van der Waals surface area (Å²) < 4.78 is 56.8. The summed E-state index contributed by atoms with van der Waals surface area (Å²) in [7, 11) is -5.71. The molecule has 2 fully saturated rings. The van der Waals surface area contributed by atoms with Gasteiger partial charge in [-0.05, 0) is 29.8 Å². The van der Waals surface area contributed by atoms with Crippen molar-refractivity contribution < 1.29 is 21.6 Å². The van der Waals surface area contributed by atoms with E-state index < -0.39 is 31.0 Å². The Morgan fingerprint density at radius 2 is 1.64 bits per heavy atom. The zero-order valence-electron chi connectivity index (χ0n) is 18.7. The minimum atomic E-state index is -3.79. The van der Waals surface area contributed by atoms with Gasteiger partial charge in [-0.3, -0.25) is 9.80 Å². The predicted octanol–water partition coefficient (Wildman–Crippen LogP) is 1.97. The van der Waals surface area contributed by atoms with E-state index in [4.69, 9.17) is 4.74 Å². The molecule has 0 radical (unpaired) electrons. The maximum atomic E-state index is 13.4. The van der Waals surface area contributed by atoms with E-state index in [0.717, 1.165) is 25.2 Å². The summed E-state index contributed by atoms with van der Waals surface area (Å²) in [6.45, 7) is 3.64. The summed E-state index contributed by atoms with van der Waals surface area (Å²) in [5.41, 5.74) is 1.15. The monoisotopic (exact) mass is 490 g/mol. The average molecular weight is 491 g/mol. The normalized spacial score (nSPS) is 24.3. The lowest BCUT2D eigenvalue weighted by atomic mass is 10.1. The van der Waals surface area contributed by atoms with Crippen LogP contribution in [0, 0.1) is 0 Å². The van der Waals surface area contributed by atoms with Crippen molar-refractivity contribution in [2.24, 2.45) is 0 Å². The second kappa shape index (κ2) is 9.97. The summed E-state index contributed by atoms with van der Waals surface area (Å²) >= 11 is 0. The molecule has 0 N–H and O–H groups in total. The zero-order valence-corrected chi connectivity index (χ0v) is 20.3. The number of rotatable bonds is 7. The highest BCUT2D eigenvalue weighted by molar-refractivity contribution is 7.96. The molecule has 2 heterocycles. The van der Waals surface area contributed by atoms with Gasteiger partial charge in [-0.15, -0.1) is 0 Å². The fraction of sp³-hybridized carbons (Fsp3) is 0.417. The van der Waals surface area contributed by atoms with Crippen LogP contribution in [0.4, 0.5) is 0 Å². The first-order chi connectivity index (χ1) is 15.8. The van der Waals surface area contributed by atoms with Gasteiger partial charge in [-0.25, -0.2) is 16.8 Å². The van der Waals surface area contributed by atoms with Gasteiger partial charge in [0.15, 0.2) is 19.7 Å². The minimum Gasteiger partial charge on any atom is -0.497 e. The van der Waals surface area contributed by atoms with Crippen molar-refractivity contribution >= 4 is 25.8 Å². The molecule has 4 rings (SSSR count). The van der Waals surface area contributed by atoms with Crippen LogP contribution in [0.5, 0.6) is 5.75 Å². The Hall–Kier alpha value is -2.20. The fourth-order valence-electron chi connectivity index (χ4n) is 4.55. The topological polar surface area (TPSA) is 84.0 Å². The van der Waals surface area contributed by atoms with Gasteiger partial charge in [-0.1, -0.05) is 42.5 Å². The van der Waals surface area contributed by atoms with Crippen LogP contribution in [0.1, 0.15) is 5.56 Å².